The Morgan fingerprint density at radius 2 is 1.69 bits per heavy atom. The van der Waals surface area contributed by atoms with Gasteiger partial charge in [0.2, 0.25) is 5.91 Å². The number of benzene rings is 1. The second-order valence-electron chi connectivity index (χ2n) is 8.49. The predicted octanol–water partition coefficient (Wildman–Crippen LogP) is 3.78. The first-order chi connectivity index (χ1) is 17.1. The Morgan fingerprint density at radius 1 is 0.914 bits per heavy atom. The average Bonchev–Trinajstić information content (AvgIpc) is 3.32. The molecule has 4 aromatic rings. The highest BCUT2D eigenvalue weighted by molar-refractivity contribution is 7.99. The number of hydrogen-bond donors (Lipinski definition) is 0. The topological polar surface area (TPSA) is 80.0 Å². The zero-order valence-corrected chi connectivity index (χ0v) is 20.6. The number of rotatable bonds is 6. The third kappa shape index (κ3) is 5.05. The number of thioether (sulfide) groups is 1. The van der Waals surface area contributed by atoms with E-state index >= 15 is 0 Å². The van der Waals surface area contributed by atoms with Gasteiger partial charge < -0.3 is 9.80 Å². The molecule has 5 rings (SSSR count). The van der Waals surface area contributed by atoms with E-state index < -0.39 is 0 Å². The second-order valence-corrected chi connectivity index (χ2v) is 9.43. The monoisotopic (exact) mass is 485 g/mol. The summed E-state index contributed by atoms with van der Waals surface area (Å²) in [5, 5.41) is 9.58. The standard InChI is InChI=1S/C26H27N7OS/c1-19-9-10-22(20(2)17-19)33-25(21-7-3-5-11-27-21)29-30-26(33)35-18-24(34)32-15-13-31(14-16-32)23-8-4-6-12-28-23/h3-12,17H,13-16,18H2,1-2H3. The zero-order chi connectivity index (χ0) is 24.2. The SMILES string of the molecule is Cc1ccc(-n2c(SCC(=O)N3CCN(c4ccccn4)CC3)nnc2-c2ccccn2)c(C)c1. The van der Waals surface area contributed by atoms with E-state index in [-0.39, 0.29) is 5.91 Å². The molecule has 1 aliphatic heterocycles. The highest BCUT2D eigenvalue weighted by atomic mass is 32.2. The van der Waals surface area contributed by atoms with Crippen LogP contribution >= 0.6 is 11.8 Å². The lowest BCUT2D eigenvalue weighted by Gasteiger charge is -2.35. The molecular formula is C26H27N7OS. The quantitative estimate of drug-likeness (QED) is 0.385. The predicted molar refractivity (Wildman–Crippen MR) is 138 cm³/mol. The molecule has 0 bridgehead atoms. The summed E-state index contributed by atoms with van der Waals surface area (Å²) in [6.45, 7) is 7.06. The molecule has 0 saturated carbocycles. The van der Waals surface area contributed by atoms with Crippen molar-refractivity contribution in [3.8, 4) is 17.2 Å². The van der Waals surface area contributed by atoms with Gasteiger partial charge in [0.05, 0.1) is 11.4 Å². The Balaban J connectivity index is 1.32. The van der Waals surface area contributed by atoms with Gasteiger partial charge in [-0.05, 0) is 49.7 Å². The van der Waals surface area contributed by atoms with Gasteiger partial charge in [-0.1, -0.05) is 41.6 Å². The van der Waals surface area contributed by atoms with E-state index in [1.165, 1.54) is 17.3 Å². The number of piperazine rings is 1. The van der Waals surface area contributed by atoms with Crippen molar-refractivity contribution in [3.63, 3.8) is 0 Å². The summed E-state index contributed by atoms with van der Waals surface area (Å²) in [4.78, 5) is 26.1. The normalized spacial score (nSPS) is 13.8. The molecule has 178 valence electrons. The third-order valence-corrected chi connectivity index (χ3v) is 6.96. The molecule has 8 nitrogen and oxygen atoms in total. The van der Waals surface area contributed by atoms with Crippen LogP contribution in [0, 0.1) is 13.8 Å². The van der Waals surface area contributed by atoms with Gasteiger partial charge in [-0.2, -0.15) is 0 Å². The maximum Gasteiger partial charge on any atom is 0.233 e. The molecular weight excluding hydrogens is 458 g/mol. The van der Waals surface area contributed by atoms with E-state index in [1.54, 1.807) is 12.4 Å². The number of pyridine rings is 2. The van der Waals surface area contributed by atoms with Crippen molar-refractivity contribution in [2.45, 2.75) is 19.0 Å². The van der Waals surface area contributed by atoms with Gasteiger partial charge in [-0.3, -0.25) is 14.3 Å². The third-order valence-electron chi connectivity index (χ3n) is 6.05. The minimum Gasteiger partial charge on any atom is -0.353 e. The molecule has 1 amide bonds. The van der Waals surface area contributed by atoms with Gasteiger partial charge in [0, 0.05) is 38.6 Å². The molecule has 0 unspecified atom stereocenters. The van der Waals surface area contributed by atoms with Crippen LogP contribution < -0.4 is 4.90 Å². The highest BCUT2D eigenvalue weighted by Gasteiger charge is 2.24. The molecule has 0 aliphatic carbocycles. The van der Waals surface area contributed by atoms with Crippen molar-refractivity contribution in [2.75, 3.05) is 36.8 Å². The lowest BCUT2D eigenvalue weighted by Crippen LogP contribution is -2.49. The van der Waals surface area contributed by atoms with E-state index in [4.69, 9.17) is 0 Å². The van der Waals surface area contributed by atoms with Crippen LogP contribution in [0.15, 0.2) is 72.1 Å². The Morgan fingerprint density at radius 3 is 2.37 bits per heavy atom. The average molecular weight is 486 g/mol. The number of aromatic nitrogens is 5. The number of hydrogen-bond acceptors (Lipinski definition) is 7. The van der Waals surface area contributed by atoms with E-state index in [0.717, 1.165) is 35.9 Å². The van der Waals surface area contributed by atoms with Gasteiger partial charge in [-0.25, -0.2) is 4.98 Å². The summed E-state index contributed by atoms with van der Waals surface area (Å²) in [5.41, 5.74) is 4.03. The Labute approximate surface area is 209 Å². The van der Waals surface area contributed by atoms with E-state index in [2.05, 4.69) is 57.1 Å². The van der Waals surface area contributed by atoms with Gasteiger partial charge >= 0.3 is 0 Å². The van der Waals surface area contributed by atoms with Crippen LogP contribution in [0.1, 0.15) is 11.1 Å². The molecule has 9 heteroatoms. The smallest absolute Gasteiger partial charge is 0.233 e. The Hall–Kier alpha value is -3.72. The molecule has 3 aromatic heterocycles. The summed E-state index contributed by atoms with van der Waals surface area (Å²) >= 11 is 1.41. The molecule has 0 radical (unpaired) electrons. The van der Waals surface area contributed by atoms with Crippen molar-refractivity contribution < 1.29 is 4.79 Å². The Kier molecular flexibility index (Phi) is 6.76. The maximum absolute atomic E-state index is 13.1. The minimum atomic E-state index is 0.102. The summed E-state index contributed by atoms with van der Waals surface area (Å²) in [7, 11) is 0. The van der Waals surface area contributed by atoms with E-state index in [9.17, 15) is 4.79 Å². The highest BCUT2D eigenvalue weighted by Crippen LogP contribution is 2.29. The van der Waals surface area contributed by atoms with Crippen molar-refractivity contribution in [1.29, 1.82) is 0 Å². The van der Waals surface area contributed by atoms with Crippen molar-refractivity contribution in [3.05, 3.63) is 78.1 Å². The van der Waals surface area contributed by atoms with Crippen LogP contribution in [0.5, 0.6) is 0 Å². The largest absolute Gasteiger partial charge is 0.353 e. The van der Waals surface area contributed by atoms with Crippen LogP contribution in [0.4, 0.5) is 5.82 Å². The van der Waals surface area contributed by atoms with Crippen molar-refractivity contribution in [1.82, 2.24) is 29.6 Å². The first-order valence-electron chi connectivity index (χ1n) is 11.6. The fourth-order valence-electron chi connectivity index (χ4n) is 4.24. The molecule has 0 atom stereocenters. The van der Waals surface area contributed by atoms with Gasteiger partial charge in [0.25, 0.3) is 0 Å². The fourth-order valence-corrected chi connectivity index (χ4v) is 5.09. The van der Waals surface area contributed by atoms with Crippen LogP contribution in [0.3, 0.4) is 0 Å². The lowest BCUT2D eigenvalue weighted by atomic mass is 10.1. The number of aryl methyl sites for hydroxylation is 2. The van der Waals surface area contributed by atoms with E-state index in [0.29, 0.717) is 29.8 Å². The zero-order valence-electron chi connectivity index (χ0n) is 19.8. The maximum atomic E-state index is 13.1. The molecule has 0 N–H and O–H groups in total. The van der Waals surface area contributed by atoms with Gasteiger partial charge in [0.1, 0.15) is 11.5 Å². The number of carbonyl (C=O) groups is 1. The molecule has 1 aliphatic rings. The van der Waals surface area contributed by atoms with Crippen molar-refractivity contribution in [2.24, 2.45) is 0 Å². The van der Waals surface area contributed by atoms with Crippen LogP contribution in [-0.2, 0) is 4.79 Å². The number of nitrogens with zero attached hydrogens (tertiary/aromatic N) is 7. The lowest BCUT2D eigenvalue weighted by molar-refractivity contribution is -0.128. The Bertz CT molecular complexity index is 1300. The van der Waals surface area contributed by atoms with E-state index in [1.807, 2.05) is 45.9 Å². The summed E-state index contributed by atoms with van der Waals surface area (Å²) in [6.07, 6.45) is 3.55. The van der Waals surface area contributed by atoms with Gasteiger partial charge in [-0.15, -0.1) is 10.2 Å². The summed E-state index contributed by atoms with van der Waals surface area (Å²) in [6, 6.07) is 17.9. The van der Waals surface area contributed by atoms with Crippen LogP contribution in [-0.4, -0.2) is 67.5 Å². The first kappa shape index (κ1) is 23.0. The number of carbonyl (C=O) groups excluding carboxylic acids is 1. The summed E-state index contributed by atoms with van der Waals surface area (Å²) in [5.74, 6) is 2.02. The first-order valence-corrected chi connectivity index (χ1v) is 12.6. The van der Waals surface area contributed by atoms with Crippen LogP contribution in [0.2, 0.25) is 0 Å². The van der Waals surface area contributed by atoms with Crippen LogP contribution in [0.25, 0.3) is 17.2 Å². The number of amides is 1. The molecule has 35 heavy (non-hydrogen) atoms. The molecule has 0 spiro atoms. The fraction of sp³-hybridized carbons (Fsp3) is 0.269. The van der Waals surface area contributed by atoms with Gasteiger partial charge in [0.15, 0.2) is 11.0 Å². The molecule has 1 aromatic carbocycles. The summed E-state index contributed by atoms with van der Waals surface area (Å²) < 4.78 is 2.01. The number of anilines is 1. The molecule has 4 heterocycles. The van der Waals surface area contributed by atoms with Crippen molar-refractivity contribution >= 4 is 23.5 Å². The molecule has 1 fully saturated rings. The molecule has 1 saturated heterocycles. The minimum absolute atomic E-state index is 0.102. The second kappa shape index (κ2) is 10.3.